The Bertz CT molecular complexity index is 1140. The molecule has 2 aromatic heterocycles. The van der Waals surface area contributed by atoms with E-state index >= 15 is 0 Å². The Balaban J connectivity index is 1.53. The second-order valence-corrected chi connectivity index (χ2v) is 7.94. The molecule has 0 fully saturated rings. The molecule has 1 amide bonds. The maximum absolute atomic E-state index is 12.2. The minimum Gasteiger partial charge on any atom is -0.463 e. The normalized spacial score (nSPS) is 11.1. The highest BCUT2D eigenvalue weighted by molar-refractivity contribution is 9.10. The number of hydrogen-bond acceptors (Lipinski definition) is 6. The fourth-order valence-corrected chi connectivity index (χ4v) is 3.66. The summed E-state index contributed by atoms with van der Waals surface area (Å²) in [7, 11) is 0. The minimum absolute atomic E-state index is 0.140. The Labute approximate surface area is 185 Å². The number of hydrazone groups is 1. The topological polar surface area (TPSA) is 85.3 Å². The summed E-state index contributed by atoms with van der Waals surface area (Å²) in [5.41, 5.74) is 4.32. The Morgan fingerprint density at radius 1 is 1.10 bits per heavy atom. The van der Waals surface area contributed by atoms with Gasteiger partial charge >= 0.3 is 0 Å². The fraction of sp³-hybridized carbons (Fsp3) is 0.0476. The van der Waals surface area contributed by atoms with E-state index in [2.05, 4.69) is 36.7 Å². The van der Waals surface area contributed by atoms with Gasteiger partial charge in [-0.1, -0.05) is 58.0 Å². The molecule has 4 aromatic rings. The average molecular weight is 482 g/mol. The zero-order valence-electron chi connectivity index (χ0n) is 15.6. The standard InChI is InChI=1S/C21H16BrN5O2S/c22-16-10-8-15(9-11-16)20-25-26-21(27(20)17-5-2-1-3-6-17)30-14-19(28)24-23-13-18-7-4-12-29-18/h1-13H,14H2,(H,24,28). The molecule has 2 heterocycles. The molecule has 0 aliphatic rings. The van der Waals surface area contributed by atoms with E-state index in [-0.39, 0.29) is 11.7 Å². The first-order chi connectivity index (χ1) is 14.7. The van der Waals surface area contributed by atoms with E-state index in [1.54, 1.807) is 18.4 Å². The summed E-state index contributed by atoms with van der Waals surface area (Å²) >= 11 is 4.74. The van der Waals surface area contributed by atoms with Crippen LogP contribution in [0, 0.1) is 0 Å². The largest absolute Gasteiger partial charge is 0.463 e. The van der Waals surface area contributed by atoms with Gasteiger partial charge in [0.25, 0.3) is 5.91 Å². The van der Waals surface area contributed by atoms with Crippen molar-refractivity contribution in [2.24, 2.45) is 5.10 Å². The van der Waals surface area contributed by atoms with Crippen LogP contribution >= 0.6 is 27.7 Å². The Morgan fingerprint density at radius 3 is 2.63 bits per heavy atom. The number of halogens is 1. The molecule has 30 heavy (non-hydrogen) atoms. The number of furan rings is 1. The first-order valence-corrected chi connectivity index (χ1v) is 10.7. The van der Waals surface area contributed by atoms with Crippen LogP contribution in [0.25, 0.3) is 17.1 Å². The van der Waals surface area contributed by atoms with E-state index in [1.165, 1.54) is 18.0 Å². The second-order valence-electron chi connectivity index (χ2n) is 6.08. The van der Waals surface area contributed by atoms with E-state index in [4.69, 9.17) is 4.42 Å². The van der Waals surface area contributed by atoms with Crippen molar-refractivity contribution in [3.8, 4) is 17.1 Å². The number of benzene rings is 2. The Hall–Kier alpha value is -3.17. The number of aromatic nitrogens is 3. The summed E-state index contributed by atoms with van der Waals surface area (Å²) in [6.45, 7) is 0. The van der Waals surface area contributed by atoms with Crippen molar-refractivity contribution in [3.63, 3.8) is 0 Å². The molecule has 1 N–H and O–H groups in total. The average Bonchev–Trinajstić information content (AvgIpc) is 3.43. The van der Waals surface area contributed by atoms with E-state index in [9.17, 15) is 4.79 Å². The molecule has 0 radical (unpaired) electrons. The number of para-hydroxylation sites is 1. The van der Waals surface area contributed by atoms with Crippen LogP contribution < -0.4 is 5.43 Å². The molecule has 0 aliphatic heterocycles. The highest BCUT2D eigenvalue weighted by atomic mass is 79.9. The van der Waals surface area contributed by atoms with E-state index in [0.29, 0.717) is 16.7 Å². The van der Waals surface area contributed by atoms with Gasteiger partial charge in [0.05, 0.1) is 18.2 Å². The third-order valence-corrected chi connectivity index (χ3v) is 5.46. The summed E-state index contributed by atoms with van der Waals surface area (Å²) in [6, 6.07) is 21.1. The van der Waals surface area contributed by atoms with Crippen LogP contribution in [0.1, 0.15) is 5.76 Å². The molecule has 9 heteroatoms. The van der Waals surface area contributed by atoms with Crippen LogP contribution in [0.15, 0.2) is 92.1 Å². The summed E-state index contributed by atoms with van der Waals surface area (Å²) in [6.07, 6.45) is 2.99. The third-order valence-electron chi connectivity index (χ3n) is 4.01. The molecule has 0 saturated carbocycles. The van der Waals surface area contributed by atoms with Crippen molar-refractivity contribution in [3.05, 3.63) is 83.2 Å². The molecule has 0 saturated heterocycles. The first kappa shape index (κ1) is 20.1. The van der Waals surface area contributed by atoms with Gasteiger partial charge in [-0.25, -0.2) is 5.43 Å². The van der Waals surface area contributed by atoms with Crippen molar-refractivity contribution >= 4 is 39.8 Å². The number of nitrogens with zero attached hydrogens (tertiary/aromatic N) is 4. The van der Waals surface area contributed by atoms with Crippen molar-refractivity contribution in [1.29, 1.82) is 0 Å². The molecule has 0 unspecified atom stereocenters. The van der Waals surface area contributed by atoms with Crippen LogP contribution in [0.4, 0.5) is 0 Å². The zero-order chi connectivity index (χ0) is 20.8. The fourth-order valence-electron chi connectivity index (χ4n) is 2.65. The highest BCUT2D eigenvalue weighted by Crippen LogP contribution is 2.28. The number of amides is 1. The lowest BCUT2D eigenvalue weighted by Gasteiger charge is -2.10. The van der Waals surface area contributed by atoms with Gasteiger partial charge in [-0.3, -0.25) is 9.36 Å². The molecule has 0 aliphatic carbocycles. The number of rotatable bonds is 7. The highest BCUT2D eigenvalue weighted by Gasteiger charge is 2.17. The molecular formula is C21H16BrN5O2S. The predicted molar refractivity (Wildman–Crippen MR) is 120 cm³/mol. The van der Waals surface area contributed by atoms with Gasteiger partial charge in [0.15, 0.2) is 11.0 Å². The molecule has 150 valence electrons. The lowest BCUT2D eigenvalue weighted by Crippen LogP contribution is -2.19. The monoisotopic (exact) mass is 481 g/mol. The van der Waals surface area contributed by atoms with Gasteiger partial charge in [-0.15, -0.1) is 10.2 Å². The number of hydrogen-bond donors (Lipinski definition) is 1. The second kappa shape index (κ2) is 9.55. The smallest absolute Gasteiger partial charge is 0.250 e. The van der Waals surface area contributed by atoms with E-state index in [1.807, 2.05) is 59.2 Å². The molecule has 7 nitrogen and oxygen atoms in total. The maximum Gasteiger partial charge on any atom is 0.250 e. The number of nitrogens with one attached hydrogen (secondary N) is 1. The van der Waals surface area contributed by atoms with Gasteiger partial charge in [0, 0.05) is 15.7 Å². The van der Waals surface area contributed by atoms with Crippen LogP contribution in [0.5, 0.6) is 0 Å². The Morgan fingerprint density at radius 2 is 1.90 bits per heavy atom. The van der Waals surface area contributed by atoms with Crippen LogP contribution in [0.3, 0.4) is 0 Å². The van der Waals surface area contributed by atoms with Gasteiger partial charge in [-0.05, 0) is 36.4 Å². The molecule has 0 bridgehead atoms. The van der Waals surface area contributed by atoms with Crippen LogP contribution in [-0.2, 0) is 4.79 Å². The molecule has 0 spiro atoms. The van der Waals surface area contributed by atoms with E-state index in [0.717, 1.165) is 15.7 Å². The first-order valence-electron chi connectivity index (χ1n) is 8.96. The third kappa shape index (κ3) is 4.87. The summed E-state index contributed by atoms with van der Waals surface area (Å²) in [5, 5.41) is 13.2. The minimum atomic E-state index is -0.254. The lowest BCUT2D eigenvalue weighted by atomic mass is 10.2. The van der Waals surface area contributed by atoms with Gasteiger partial charge in [-0.2, -0.15) is 5.10 Å². The van der Waals surface area contributed by atoms with Gasteiger partial charge in [0.1, 0.15) is 5.76 Å². The molecule has 0 atom stereocenters. The lowest BCUT2D eigenvalue weighted by molar-refractivity contribution is -0.118. The summed E-state index contributed by atoms with van der Waals surface area (Å²) in [4.78, 5) is 12.2. The van der Waals surface area contributed by atoms with Crippen molar-refractivity contribution in [2.45, 2.75) is 5.16 Å². The number of carbonyl (C=O) groups excluding carboxylic acids is 1. The number of thioether (sulfide) groups is 1. The van der Waals surface area contributed by atoms with Gasteiger partial charge in [0.2, 0.25) is 0 Å². The van der Waals surface area contributed by atoms with Crippen LogP contribution in [-0.4, -0.2) is 32.6 Å². The van der Waals surface area contributed by atoms with Crippen molar-refractivity contribution in [1.82, 2.24) is 20.2 Å². The zero-order valence-corrected chi connectivity index (χ0v) is 18.0. The van der Waals surface area contributed by atoms with Crippen molar-refractivity contribution in [2.75, 3.05) is 5.75 Å². The molecular weight excluding hydrogens is 466 g/mol. The van der Waals surface area contributed by atoms with Gasteiger partial charge < -0.3 is 4.42 Å². The molecule has 2 aromatic carbocycles. The number of carbonyl (C=O) groups is 1. The summed E-state index contributed by atoms with van der Waals surface area (Å²) in [5.74, 6) is 1.15. The maximum atomic E-state index is 12.2. The SMILES string of the molecule is O=C(CSc1nnc(-c2ccc(Br)cc2)n1-c1ccccc1)NN=Cc1ccco1. The van der Waals surface area contributed by atoms with E-state index < -0.39 is 0 Å². The van der Waals surface area contributed by atoms with Crippen LogP contribution in [0.2, 0.25) is 0 Å². The quantitative estimate of drug-likeness (QED) is 0.238. The van der Waals surface area contributed by atoms with Crippen molar-refractivity contribution < 1.29 is 9.21 Å². The molecule has 4 rings (SSSR count). The Kier molecular flexibility index (Phi) is 6.41. The predicted octanol–water partition coefficient (Wildman–Crippen LogP) is 4.53. The summed E-state index contributed by atoms with van der Waals surface area (Å²) < 4.78 is 8.05.